The molecule has 1 aromatic carbocycles. The van der Waals surface area contributed by atoms with E-state index < -0.39 is 29.7 Å². The van der Waals surface area contributed by atoms with Crippen LogP contribution in [0.2, 0.25) is 0 Å². The maximum atomic E-state index is 16.2. The van der Waals surface area contributed by atoms with Crippen LogP contribution in [0.4, 0.5) is 25.5 Å². The lowest BCUT2D eigenvalue weighted by molar-refractivity contribution is 0.0635. The molecule has 1 saturated heterocycles. The van der Waals surface area contributed by atoms with Crippen molar-refractivity contribution in [3.63, 3.8) is 0 Å². The Bertz CT molecular complexity index is 1450. The van der Waals surface area contributed by atoms with E-state index in [1.165, 1.54) is 6.20 Å². The van der Waals surface area contributed by atoms with Crippen molar-refractivity contribution in [2.24, 2.45) is 0 Å². The number of anilines is 2. The molecule has 39 heavy (non-hydrogen) atoms. The van der Waals surface area contributed by atoms with Gasteiger partial charge in [-0.05, 0) is 63.6 Å². The lowest BCUT2D eigenvalue weighted by Crippen LogP contribution is -2.27. The van der Waals surface area contributed by atoms with Gasteiger partial charge in [0.25, 0.3) is 0 Å². The van der Waals surface area contributed by atoms with Gasteiger partial charge in [0.15, 0.2) is 5.82 Å². The number of aromatic nitrogens is 2. The smallest absolute Gasteiger partial charge is 0.413 e. The maximum absolute atomic E-state index is 16.2. The normalized spacial score (nSPS) is 18.6. The van der Waals surface area contributed by atoms with Crippen LogP contribution in [0.5, 0.6) is 0 Å². The molecule has 2 atom stereocenters. The number of aryl methyl sites for hydroxylation is 1. The molecule has 2 amide bonds. The number of carbonyl (C=O) groups excluding carboxylic acids is 2. The SMILES string of the molecule is Cc1c(-c2cc3cc(NC(=O)O[C@@H]4CCOC4)ncc3c(NC(=O)OC(C)(C)C)c2F)cnc2c1C(O)CC2. The van der Waals surface area contributed by atoms with Crippen LogP contribution in [-0.2, 0) is 20.6 Å². The molecule has 1 unspecified atom stereocenters. The topological polar surface area (TPSA) is 132 Å². The van der Waals surface area contributed by atoms with Gasteiger partial charge in [0.05, 0.1) is 25.0 Å². The summed E-state index contributed by atoms with van der Waals surface area (Å²) in [5.41, 5.74) is 1.92. The zero-order valence-electron chi connectivity index (χ0n) is 22.3. The van der Waals surface area contributed by atoms with Crippen LogP contribution in [0.1, 0.15) is 56.5 Å². The Balaban J connectivity index is 1.57. The quantitative estimate of drug-likeness (QED) is 0.402. The third kappa shape index (κ3) is 5.64. The Morgan fingerprint density at radius 2 is 1.90 bits per heavy atom. The standard InChI is InChI=1S/C28H31FN4O6/c1-14-18(11-30-20-5-6-21(34)23(14)20)17-9-15-10-22(32-26(35)38-16-7-8-37-13-16)31-12-19(15)25(24(17)29)33-27(36)39-28(2,3)4/h9-12,16,21,34H,5-8,13H2,1-4H3,(H,33,36)(H,31,32,35)/t16-,21?/m1/s1. The predicted molar refractivity (Wildman–Crippen MR) is 142 cm³/mol. The highest BCUT2D eigenvalue weighted by Gasteiger charge is 2.28. The molecule has 3 aromatic rings. The minimum Gasteiger partial charge on any atom is -0.444 e. The second kappa shape index (κ2) is 10.4. The van der Waals surface area contributed by atoms with E-state index in [9.17, 15) is 14.7 Å². The highest BCUT2D eigenvalue weighted by Crippen LogP contribution is 2.41. The number of pyridine rings is 2. The molecule has 1 aliphatic carbocycles. The maximum Gasteiger partial charge on any atom is 0.413 e. The van der Waals surface area contributed by atoms with E-state index >= 15 is 4.39 Å². The van der Waals surface area contributed by atoms with Gasteiger partial charge in [-0.1, -0.05) is 0 Å². The Hall–Kier alpha value is -3.83. The molecule has 0 spiro atoms. The molecule has 206 valence electrons. The second-order valence-electron chi connectivity index (χ2n) is 10.8. The van der Waals surface area contributed by atoms with Gasteiger partial charge in [0.2, 0.25) is 0 Å². The number of hydrogen-bond donors (Lipinski definition) is 3. The molecular weight excluding hydrogens is 507 g/mol. The van der Waals surface area contributed by atoms with E-state index in [-0.39, 0.29) is 23.2 Å². The fraction of sp³-hybridized carbons (Fsp3) is 0.429. The molecular formula is C28H31FN4O6. The number of halogens is 1. The van der Waals surface area contributed by atoms with Crippen molar-refractivity contribution in [2.45, 2.75) is 64.8 Å². The molecule has 3 N–H and O–H groups in total. The predicted octanol–water partition coefficient (Wildman–Crippen LogP) is 5.41. The number of carbonyl (C=O) groups is 2. The third-order valence-corrected chi connectivity index (χ3v) is 6.73. The highest BCUT2D eigenvalue weighted by atomic mass is 19.1. The van der Waals surface area contributed by atoms with Crippen LogP contribution >= 0.6 is 0 Å². The van der Waals surface area contributed by atoms with E-state index in [0.29, 0.717) is 59.9 Å². The first-order chi connectivity index (χ1) is 18.5. The van der Waals surface area contributed by atoms with Gasteiger partial charge in [-0.3, -0.25) is 15.6 Å². The summed E-state index contributed by atoms with van der Waals surface area (Å²) in [6, 6.07) is 3.17. The number of hydrogen-bond acceptors (Lipinski definition) is 8. The first-order valence-corrected chi connectivity index (χ1v) is 12.8. The van der Waals surface area contributed by atoms with Gasteiger partial charge in [0, 0.05) is 46.6 Å². The Kier molecular flexibility index (Phi) is 7.13. The zero-order valence-corrected chi connectivity index (χ0v) is 22.3. The molecule has 5 rings (SSSR count). The summed E-state index contributed by atoms with van der Waals surface area (Å²) < 4.78 is 32.1. The fourth-order valence-electron chi connectivity index (χ4n) is 4.96. The summed E-state index contributed by atoms with van der Waals surface area (Å²) in [5.74, 6) is -0.514. The van der Waals surface area contributed by atoms with Crippen molar-refractivity contribution < 1.29 is 33.3 Å². The van der Waals surface area contributed by atoms with E-state index in [4.69, 9.17) is 14.2 Å². The van der Waals surface area contributed by atoms with Crippen molar-refractivity contribution >= 4 is 34.5 Å². The number of amides is 2. The Labute approximate surface area is 224 Å². The molecule has 3 heterocycles. The number of aliphatic hydroxyl groups is 1. The van der Waals surface area contributed by atoms with Crippen LogP contribution in [0, 0.1) is 12.7 Å². The minimum absolute atomic E-state index is 0.123. The van der Waals surface area contributed by atoms with Gasteiger partial charge in [-0.15, -0.1) is 0 Å². The van der Waals surface area contributed by atoms with Crippen LogP contribution in [0.25, 0.3) is 21.9 Å². The number of aliphatic hydroxyl groups excluding tert-OH is 1. The molecule has 11 heteroatoms. The molecule has 1 fully saturated rings. The number of benzene rings is 1. The summed E-state index contributed by atoms with van der Waals surface area (Å²) in [6.07, 6.45) is 2.24. The van der Waals surface area contributed by atoms with Crippen molar-refractivity contribution in [3.05, 3.63) is 47.2 Å². The average Bonchev–Trinajstić information content (AvgIpc) is 3.50. The third-order valence-electron chi connectivity index (χ3n) is 6.73. The van der Waals surface area contributed by atoms with Gasteiger partial charge in [-0.2, -0.15) is 0 Å². The summed E-state index contributed by atoms with van der Waals surface area (Å²) in [6.45, 7) is 7.80. The van der Waals surface area contributed by atoms with Gasteiger partial charge < -0.3 is 19.3 Å². The molecule has 10 nitrogen and oxygen atoms in total. The van der Waals surface area contributed by atoms with E-state index in [1.807, 2.05) is 6.92 Å². The molecule has 2 aromatic heterocycles. The summed E-state index contributed by atoms with van der Waals surface area (Å²) in [7, 11) is 0. The Morgan fingerprint density at radius 3 is 2.62 bits per heavy atom. The zero-order chi connectivity index (χ0) is 27.9. The lowest BCUT2D eigenvalue weighted by Gasteiger charge is -2.21. The number of nitrogens with one attached hydrogen (secondary N) is 2. The first-order valence-electron chi connectivity index (χ1n) is 12.8. The monoisotopic (exact) mass is 538 g/mol. The molecule has 0 bridgehead atoms. The average molecular weight is 539 g/mol. The molecule has 0 radical (unpaired) electrons. The van der Waals surface area contributed by atoms with Crippen LogP contribution in [0.3, 0.4) is 0 Å². The summed E-state index contributed by atoms with van der Waals surface area (Å²) in [4.78, 5) is 33.8. The van der Waals surface area contributed by atoms with Crippen molar-refractivity contribution in [1.82, 2.24) is 9.97 Å². The minimum atomic E-state index is -0.830. The number of nitrogens with zero attached hydrogens (tertiary/aromatic N) is 2. The largest absolute Gasteiger partial charge is 0.444 e. The van der Waals surface area contributed by atoms with Crippen LogP contribution < -0.4 is 10.6 Å². The second-order valence-corrected chi connectivity index (χ2v) is 10.8. The first kappa shape index (κ1) is 26.8. The fourth-order valence-corrected chi connectivity index (χ4v) is 4.96. The molecule has 0 saturated carbocycles. The van der Waals surface area contributed by atoms with Crippen LogP contribution in [-0.4, -0.2) is 52.2 Å². The molecule has 1 aliphatic heterocycles. The Morgan fingerprint density at radius 1 is 1.10 bits per heavy atom. The summed E-state index contributed by atoms with van der Waals surface area (Å²) in [5, 5.41) is 16.4. The van der Waals surface area contributed by atoms with Gasteiger partial charge in [0.1, 0.15) is 17.5 Å². The van der Waals surface area contributed by atoms with E-state index in [2.05, 4.69) is 20.6 Å². The summed E-state index contributed by atoms with van der Waals surface area (Å²) >= 11 is 0. The lowest BCUT2D eigenvalue weighted by atomic mass is 9.94. The van der Waals surface area contributed by atoms with Gasteiger partial charge in [-0.25, -0.2) is 19.0 Å². The van der Waals surface area contributed by atoms with Crippen LogP contribution in [0.15, 0.2) is 24.5 Å². The van der Waals surface area contributed by atoms with E-state index in [1.54, 1.807) is 39.1 Å². The number of rotatable bonds is 4. The van der Waals surface area contributed by atoms with Crippen molar-refractivity contribution in [2.75, 3.05) is 23.8 Å². The molecule has 2 aliphatic rings. The van der Waals surface area contributed by atoms with E-state index in [0.717, 1.165) is 5.69 Å². The van der Waals surface area contributed by atoms with Crippen molar-refractivity contribution in [3.8, 4) is 11.1 Å². The number of fused-ring (bicyclic) bond motifs is 2. The van der Waals surface area contributed by atoms with Gasteiger partial charge >= 0.3 is 12.2 Å². The highest BCUT2D eigenvalue weighted by molar-refractivity contribution is 6.04. The van der Waals surface area contributed by atoms with Crippen molar-refractivity contribution in [1.29, 1.82) is 0 Å². The number of ether oxygens (including phenoxy) is 3.